The Balaban J connectivity index is 1.77. The molecule has 6 nitrogen and oxygen atoms in total. The number of nitrogens with zero attached hydrogens (tertiary/aromatic N) is 3. The molecule has 3 rings (SSSR count). The predicted octanol–water partition coefficient (Wildman–Crippen LogP) is 2.51. The van der Waals surface area contributed by atoms with Crippen LogP contribution in [0.1, 0.15) is 18.7 Å². The molecule has 1 aliphatic rings. The van der Waals surface area contributed by atoms with Crippen molar-refractivity contribution in [3.63, 3.8) is 0 Å². The van der Waals surface area contributed by atoms with Crippen LogP contribution in [0.4, 0.5) is 0 Å². The van der Waals surface area contributed by atoms with Gasteiger partial charge in [-0.3, -0.25) is 4.57 Å². The van der Waals surface area contributed by atoms with E-state index >= 15 is 0 Å². The minimum absolute atomic E-state index is 0.668. The molecule has 1 aromatic heterocycles. The number of hydrogen-bond acceptors (Lipinski definition) is 6. The molecule has 1 atom stereocenters. The maximum absolute atomic E-state index is 5.45. The van der Waals surface area contributed by atoms with E-state index in [1.807, 2.05) is 25.2 Å². The number of aromatic nitrogens is 3. The van der Waals surface area contributed by atoms with Gasteiger partial charge in [0.25, 0.3) is 0 Å². The van der Waals surface area contributed by atoms with Gasteiger partial charge in [-0.05, 0) is 37.9 Å². The largest absolute Gasteiger partial charge is 0.497 e. The predicted molar refractivity (Wildman–Crippen MR) is 94.9 cm³/mol. The third-order valence-corrected chi connectivity index (χ3v) is 5.09. The molecule has 1 aromatic carbocycles. The van der Waals surface area contributed by atoms with E-state index in [1.165, 1.54) is 6.42 Å². The summed E-state index contributed by atoms with van der Waals surface area (Å²) in [7, 11) is 3.59. The van der Waals surface area contributed by atoms with Crippen LogP contribution in [-0.4, -0.2) is 47.9 Å². The summed E-state index contributed by atoms with van der Waals surface area (Å²) >= 11 is 1.75. The molecule has 1 fully saturated rings. The minimum atomic E-state index is 0.668. The molecule has 1 saturated heterocycles. The highest BCUT2D eigenvalue weighted by atomic mass is 32.2. The zero-order chi connectivity index (χ0) is 16.8. The van der Waals surface area contributed by atoms with Gasteiger partial charge in [0.1, 0.15) is 5.75 Å². The van der Waals surface area contributed by atoms with Crippen LogP contribution in [-0.2, 0) is 11.3 Å². The smallest absolute Gasteiger partial charge is 0.195 e. The van der Waals surface area contributed by atoms with E-state index in [9.17, 15) is 0 Å². The first kappa shape index (κ1) is 17.3. The van der Waals surface area contributed by atoms with Gasteiger partial charge in [0, 0.05) is 25.0 Å². The van der Waals surface area contributed by atoms with E-state index in [4.69, 9.17) is 9.47 Å². The lowest BCUT2D eigenvalue weighted by Crippen LogP contribution is -2.12. The average Bonchev–Trinajstić information content (AvgIpc) is 3.26. The van der Waals surface area contributed by atoms with E-state index in [1.54, 1.807) is 18.9 Å². The van der Waals surface area contributed by atoms with E-state index in [2.05, 4.69) is 26.1 Å². The molecule has 24 heavy (non-hydrogen) atoms. The molecule has 2 heterocycles. The zero-order valence-electron chi connectivity index (χ0n) is 14.2. The van der Waals surface area contributed by atoms with Crippen molar-refractivity contribution in [2.24, 2.45) is 5.92 Å². The fraction of sp³-hybridized carbons (Fsp3) is 0.529. The number of methoxy groups -OCH3 is 1. The Kier molecular flexibility index (Phi) is 6.12. The summed E-state index contributed by atoms with van der Waals surface area (Å²) < 4.78 is 12.9. The second-order valence-electron chi connectivity index (χ2n) is 5.83. The van der Waals surface area contributed by atoms with Crippen molar-refractivity contribution in [1.82, 2.24) is 20.1 Å². The molecule has 0 aliphatic carbocycles. The van der Waals surface area contributed by atoms with E-state index < -0.39 is 0 Å². The van der Waals surface area contributed by atoms with E-state index in [0.29, 0.717) is 12.5 Å². The Morgan fingerprint density at radius 2 is 2.33 bits per heavy atom. The number of thioether (sulfide) groups is 1. The number of rotatable bonds is 8. The van der Waals surface area contributed by atoms with Crippen LogP contribution in [0.15, 0.2) is 29.4 Å². The molecule has 2 aromatic rings. The molecule has 0 unspecified atom stereocenters. The summed E-state index contributed by atoms with van der Waals surface area (Å²) in [4.78, 5) is 0. The third-order valence-electron chi connectivity index (χ3n) is 4.13. The highest BCUT2D eigenvalue weighted by Crippen LogP contribution is 2.27. The molecule has 0 bridgehead atoms. The first-order valence-electron chi connectivity index (χ1n) is 8.25. The van der Waals surface area contributed by atoms with Gasteiger partial charge in [-0.2, -0.15) is 0 Å². The summed E-state index contributed by atoms with van der Waals surface area (Å²) in [6.45, 7) is 2.47. The van der Waals surface area contributed by atoms with Crippen LogP contribution in [0, 0.1) is 5.92 Å². The molecular formula is C17H24N4O2S. The van der Waals surface area contributed by atoms with Crippen molar-refractivity contribution in [3.05, 3.63) is 30.1 Å². The lowest BCUT2D eigenvalue weighted by molar-refractivity contribution is 0.185. The monoisotopic (exact) mass is 348 g/mol. The molecular weight excluding hydrogens is 324 g/mol. The van der Waals surface area contributed by atoms with Crippen molar-refractivity contribution in [1.29, 1.82) is 0 Å². The Labute approximate surface area is 146 Å². The van der Waals surface area contributed by atoms with Crippen molar-refractivity contribution in [2.45, 2.75) is 24.5 Å². The normalized spacial score (nSPS) is 17.3. The van der Waals surface area contributed by atoms with Crippen LogP contribution in [0.2, 0.25) is 0 Å². The third kappa shape index (κ3) is 4.09. The molecule has 1 N–H and O–H groups in total. The Hall–Kier alpha value is -1.57. The maximum atomic E-state index is 5.45. The highest BCUT2D eigenvalue weighted by molar-refractivity contribution is 7.99. The quantitative estimate of drug-likeness (QED) is 0.740. The lowest BCUT2D eigenvalue weighted by atomic mass is 10.1. The summed E-state index contributed by atoms with van der Waals surface area (Å²) in [5.74, 6) is 3.44. The van der Waals surface area contributed by atoms with Gasteiger partial charge in [-0.25, -0.2) is 0 Å². The first-order chi connectivity index (χ1) is 11.8. The Bertz CT molecular complexity index is 656. The first-order valence-corrected chi connectivity index (χ1v) is 9.24. The highest BCUT2D eigenvalue weighted by Gasteiger charge is 2.18. The van der Waals surface area contributed by atoms with Gasteiger partial charge in [0.2, 0.25) is 0 Å². The molecule has 7 heteroatoms. The summed E-state index contributed by atoms with van der Waals surface area (Å²) in [6.07, 6.45) is 2.32. The standard InChI is InChI=1S/C17H24N4O2S/c1-18-11-16-19-20-17(24-9-7-13-6-8-23-12-13)21(16)14-4-3-5-15(10-14)22-2/h3-5,10,13,18H,6-9,11-12H2,1-2H3/t13-/m0/s1. The van der Waals surface area contributed by atoms with Gasteiger partial charge >= 0.3 is 0 Å². The fourth-order valence-corrected chi connectivity index (χ4v) is 3.88. The number of ether oxygens (including phenoxy) is 2. The molecule has 1 aliphatic heterocycles. The van der Waals surface area contributed by atoms with Crippen molar-refractivity contribution < 1.29 is 9.47 Å². The van der Waals surface area contributed by atoms with Crippen LogP contribution in [0.5, 0.6) is 5.75 Å². The van der Waals surface area contributed by atoms with Crippen LogP contribution < -0.4 is 10.1 Å². The second kappa shape index (κ2) is 8.50. The molecule has 0 radical (unpaired) electrons. The maximum Gasteiger partial charge on any atom is 0.195 e. The minimum Gasteiger partial charge on any atom is -0.497 e. The van der Waals surface area contributed by atoms with Crippen LogP contribution in [0.3, 0.4) is 0 Å². The van der Waals surface area contributed by atoms with E-state index in [-0.39, 0.29) is 0 Å². The summed E-state index contributed by atoms with van der Waals surface area (Å²) in [6, 6.07) is 8.00. The fourth-order valence-electron chi connectivity index (χ4n) is 2.80. The number of nitrogens with one attached hydrogen (secondary N) is 1. The van der Waals surface area contributed by atoms with Crippen molar-refractivity contribution >= 4 is 11.8 Å². The summed E-state index contributed by atoms with van der Waals surface area (Å²) in [5, 5.41) is 12.8. The molecule has 130 valence electrons. The van der Waals surface area contributed by atoms with Crippen molar-refractivity contribution in [3.8, 4) is 11.4 Å². The number of hydrogen-bond donors (Lipinski definition) is 1. The SMILES string of the molecule is CNCc1nnc(SCC[C@@H]2CCOC2)n1-c1cccc(OC)c1. The van der Waals surface area contributed by atoms with Crippen LogP contribution >= 0.6 is 11.8 Å². The average molecular weight is 348 g/mol. The number of benzene rings is 1. The Morgan fingerprint density at radius 1 is 1.42 bits per heavy atom. The molecule has 0 saturated carbocycles. The van der Waals surface area contributed by atoms with Gasteiger partial charge in [0.05, 0.1) is 19.3 Å². The van der Waals surface area contributed by atoms with Crippen LogP contribution in [0.25, 0.3) is 5.69 Å². The summed E-state index contributed by atoms with van der Waals surface area (Å²) in [5.41, 5.74) is 1.02. The second-order valence-corrected chi connectivity index (χ2v) is 6.89. The van der Waals surface area contributed by atoms with E-state index in [0.717, 1.165) is 47.8 Å². The molecule has 0 spiro atoms. The van der Waals surface area contributed by atoms with Gasteiger partial charge in [-0.15, -0.1) is 10.2 Å². The lowest BCUT2D eigenvalue weighted by Gasteiger charge is -2.12. The van der Waals surface area contributed by atoms with Gasteiger partial charge < -0.3 is 14.8 Å². The topological polar surface area (TPSA) is 61.2 Å². The molecule has 0 amide bonds. The van der Waals surface area contributed by atoms with Gasteiger partial charge in [0.15, 0.2) is 11.0 Å². The Morgan fingerprint density at radius 3 is 3.08 bits per heavy atom. The van der Waals surface area contributed by atoms with Gasteiger partial charge in [-0.1, -0.05) is 17.8 Å². The van der Waals surface area contributed by atoms with Crippen molar-refractivity contribution in [2.75, 3.05) is 33.1 Å². The zero-order valence-corrected chi connectivity index (χ0v) is 15.0.